The molecule has 0 spiro atoms. The maximum Gasteiger partial charge on any atom is 0.0355 e. The standard InChI is InChI=1S/C23H16S/c1-15-12-18(13-17-6-2-3-7-19(15)17)16-10-11-23-21(14-16)20-8-4-5-9-22(20)24-23/h2-14H,1H3. The Labute approximate surface area is 145 Å². The minimum atomic E-state index is 1.29. The lowest BCUT2D eigenvalue weighted by atomic mass is 9.96. The number of fused-ring (bicyclic) bond motifs is 4. The lowest BCUT2D eigenvalue weighted by Crippen LogP contribution is -1.83. The second-order valence-electron chi connectivity index (χ2n) is 6.32. The number of thiophene rings is 1. The Morgan fingerprint density at radius 1 is 0.583 bits per heavy atom. The maximum absolute atomic E-state index is 2.34. The Kier molecular flexibility index (Phi) is 2.97. The van der Waals surface area contributed by atoms with E-state index in [-0.39, 0.29) is 0 Å². The minimum Gasteiger partial charge on any atom is -0.135 e. The van der Waals surface area contributed by atoms with E-state index in [0.29, 0.717) is 0 Å². The van der Waals surface area contributed by atoms with Gasteiger partial charge >= 0.3 is 0 Å². The van der Waals surface area contributed by atoms with Crippen molar-refractivity contribution in [3.05, 3.63) is 84.4 Å². The molecule has 1 aromatic heterocycles. The molecule has 0 nitrogen and oxygen atoms in total. The quantitative estimate of drug-likeness (QED) is 0.306. The topological polar surface area (TPSA) is 0 Å². The molecular weight excluding hydrogens is 308 g/mol. The first-order chi connectivity index (χ1) is 11.8. The van der Waals surface area contributed by atoms with Gasteiger partial charge in [-0.1, -0.05) is 54.6 Å². The second kappa shape index (κ2) is 5.19. The summed E-state index contributed by atoms with van der Waals surface area (Å²) >= 11 is 1.87. The lowest BCUT2D eigenvalue weighted by Gasteiger charge is -2.08. The number of benzene rings is 4. The third-order valence-electron chi connectivity index (χ3n) is 4.78. The highest BCUT2D eigenvalue weighted by Gasteiger charge is 2.08. The van der Waals surface area contributed by atoms with Crippen molar-refractivity contribution in [2.75, 3.05) is 0 Å². The maximum atomic E-state index is 2.34. The molecule has 114 valence electrons. The van der Waals surface area contributed by atoms with Gasteiger partial charge in [0.25, 0.3) is 0 Å². The van der Waals surface area contributed by atoms with Gasteiger partial charge in [0.15, 0.2) is 0 Å². The largest absolute Gasteiger partial charge is 0.135 e. The van der Waals surface area contributed by atoms with Crippen LogP contribution in [-0.4, -0.2) is 0 Å². The van der Waals surface area contributed by atoms with Crippen molar-refractivity contribution < 1.29 is 0 Å². The number of hydrogen-bond acceptors (Lipinski definition) is 1. The Bertz CT molecular complexity index is 1210. The van der Waals surface area contributed by atoms with E-state index in [1.165, 1.54) is 47.6 Å². The fraction of sp³-hybridized carbons (Fsp3) is 0.0435. The summed E-state index contributed by atoms with van der Waals surface area (Å²) in [6.07, 6.45) is 0. The van der Waals surface area contributed by atoms with Crippen molar-refractivity contribution in [2.24, 2.45) is 0 Å². The fourth-order valence-corrected chi connectivity index (χ4v) is 4.66. The first-order valence-electron chi connectivity index (χ1n) is 8.21. The summed E-state index contributed by atoms with van der Waals surface area (Å²) in [5, 5.41) is 5.36. The molecule has 0 amide bonds. The molecule has 0 saturated carbocycles. The van der Waals surface area contributed by atoms with Gasteiger partial charge in [0.05, 0.1) is 0 Å². The molecule has 5 aromatic rings. The molecule has 0 aliphatic heterocycles. The van der Waals surface area contributed by atoms with Gasteiger partial charge in [0.2, 0.25) is 0 Å². The molecule has 0 radical (unpaired) electrons. The third-order valence-corrected chi connectivity index (χ3v) is 5.93. The molecule has 0 aliphatic rings. The van der Waals surface area contributed by atoms with Crippen LogP contribution >= 0.6 is 11.3 Å². The number of rotatable bonds is 1. The van der Waals surface area contributed by atoms with Crippen LogP contribution in [-0.2, 0) is 0 Å². The zero-order chi connectivity index (χ0) is 16.1. The first kappa shape index (κ1) is 13.8. The van der Waals surface area contributed by atoms with Crippen molar-refractivity contribution in [1.82, 2.24) is 0 Å². The molecule has 0 bridgehead atoms. The number of hydrogen-bond donors (Lipinski definition) is 0. The van der Waals surface area contributed by atoms with E-state index in [1.54, 1.807) is 0 Å². The summed E-state index contributed by atoms with van der Waals surface area (Å²) in [4.78, 5) is 0. The van der Waals surface area contributed by atoms with E-state index in [1.807, 2.05) is 11.3 Å². The summed E-state index contributed by atoms with van der Waals surface area (Å²) in [7, 11) is 0. The smallest absolute Gasteiger partial charge is 0.0355 e. The minimum absolute atomic E-state index is 1.29. The summed E-state index contributed by atoms with van der Waals surface area (Å²) < 4.78 is 2.72. The summed E-state index contributed by atoms with van der Waals surface area (Å²) in [6, 6.07) is 28.8. The second-order valence-corrected chi connectivity index (χ2v) is 7.41. The van der Waals surface area contributed by atoms with Crippen LogP contribution in [0, 0.1) is 6.92 Å². The fourth-order valence-electron chi connectivity index (χ4n) is 3.57. The van der Waals surface area contributed by atoms with E-state index in [9.17, 15) is 0 Å². The molecule has 0 N–H and O–H groups in total. The van der Waals surface area contributed by atoms with Gasteiger partial charge in [-0.15, -0.1) is 11.3 Å². The Morgan fingerprint density at radius 2 is 1.33 bits per heavy atom. The molecule has 0 atom stereocenters. The molecule has 1 heteroatoms. The first-order valence-corrected chi connectivity index (χ1v) is 9.02. The normalized spacial score (nSPS) is 11.5. The van der Waals surface area contributed by atoms with Crippen LogP contribution in [0.3, 0.4) is 0 Å². The molecule has 0 aliphatic carbocycles. The van der Waals surface area contributed by atoms with E-state index >= 15 is 0 Å². The molecule has 5 rings (SSSR count). The molecule has 4 aromatic carbocycles. The summed E-state index contributed by atoms with van der Waals surface area (Å²) in [5.74, 6) is 0. The Balaban J connectivity index is 1.78. The van der Waals surface area contributed by atoms with Crippen molar-refractivity contribution in [1.29, 1.82) is 0 Å². The summed E-state index contributed by atoms with van der Waals surface area (Å²) in [6.45, 7) is 2.20. The van der Waals surface area contributed by atoms with Crippen LogP contribution in [0.25, 0.3) is 42.1 Å². The molecule has 0 unspecified atom stereocenters. The average molecular weight is 324 g/mol. The zero-order valence-corrected chi connectivity index (χ0v) is 14.2. The van der Waals surface area contributed by atoms with Crippen LogP contribution in [0.15, 0.2) is 78.9 Å². The highest BCUT2D eigenvalue weighted by molar-refractivity contribution is 7.25. The van der Waals surface area contributed by atoms with Gasteiger partial charge in [0.1, 0.15) is 0 Å². The van der Waals surface area contributed by atoms with Crippen LogP contribution < -0.4 is 0 Å². The zero-order valence-electron chi connectivity index (χ0n) is 13.4. The van der Waals surface area contributed by atoms with Crippen molar-refractivity contribution >= 4 is 42.3 Å². The van der Waals surface area contributed by atoms with Crippen molar-refractivity contribution in [3.8, 4) is 11.1 Å². The third kappa shape index (κ3) is 2.05. The monoisotopic (exact) mass is 324 g/mol. The van der Waals surface area contributed by atoms with Crippen LogP contribution in [0.5, 0.6) is 0 Å². The van der Waals surface area contributed by atoms with Crippen molar-refractivity contribution in [2.45, 2.75) is 6.92 Å². The van der Waals surface area contributed by atoms with E-state index in [2.05, 4.69) is 85.8 Å². The van der Waals surface area contributed by atoms with Crippen LogP contribution in [0.1, 0.15) is 5.56 Å². The van der Waals surface area contributed by atoms with Gasteiger partial charge in [-0.25, -0.2) is 0 Å². The SMILES string of the molecule is Cc1cc(-c2ccc3sc4ccccc4c3c2)cc2ccccc12. The Morgan fingerprint density at radius 3 is 2.25 bits per heavy atom. The predicted octanol–water partition coefficient (Wildman–Crippen LogP) is 7.18. The molecule has 24 heavy (non-hydrogen) atoms. The van der Waals surface area contributed by atoms with Gasteiger partial charge in [0, 0.05) is 20.2 Å². The number of aryl methyl sites for hydroxylation is 1. The molecule has 1 heterocycles. The van der Waals surface area contributed by atoms with Crippen LogP contribution in [0.2, 0.25) is 0 Å². The highest BCUT2D eigenvalue weighted by Crippen LogP contribution is 2.37. The van der Waals surface area contributed by atoms with E-state index in [0.717, 1.165) is 0 Å². The van der Waals surface area contributed by atoms with E-state index < -0.39 is 0 Å². The molecule has 0 saturated heterocycles. The van der Waals surface area contributed by atoms with Gasteiger partial charge in [-0.05, 0) is 58.7 Å². The van der Waals surface area contributed by atoms with Gasteiger partial charge in [-0.3, -0.25) is 0 Å². The highest BCUT2D eigenvalue weighted by atomic mass is 32.1. The predicted molar refractivity (Wildman–Crippen MR) is 107 cm³/mol. The summed E-state index contributed by atoms with van der Waals surface area (Å²) in [5.41, 5.74) is 3.92. The molecule has 0 fully saturated rings. The van der Waals surface area contributed by atoms with Gasteiger partial charge in [-0.2, -0.15) is 0 Å². The van der Waals surface area contributed by atoms with E-state index in [4.69, 9.17) is 0 Å². The molecular formula is C23H16S. The Hall–Kier alpha value is -2.64. The van der Waals surface area contributed by atoms with Crippen LogP contribution in [0.4, 0.5) is 0 Å². The average Bonchev–Trinajstić information content (AvgIpc) is 2.99. The lowest BCUT2D eigenvalue weighted by molar-refractivity contribution is 1.52. The van der Waals surface area contributed by atoms with Crippen molar-refractivity contribution in [3.63, 3.8) is 0 Å². The van der Waals surface area contributed by atoms with Gasteiger partial charge < -0.3 is 0 Å².